The Morgan fingerprint density at radius 3 is 2.19 bits per heavy atom. The van der Waals surface area contributed by atoms with Gasteiger partial charge in [-0.1, -0.05) is 43.0 Å². The van der Waals surface area contributed by atoms with Crippen molar-refractivity contribution in [3.63, 3.8) is 0 Å². The van der Waals surface area contributed by atoms with Gasteiger partial charge in [-0.3, -0.25) is 0 Å². The lowest BCUT2D eigenvalue weighted by molar-refractivity contribution is -0.163. The Morgan fingerprint density at radius 1 is 1.14 bits per heavy atom. The summed E-state index contributed by atoms with van der Waals surface area (Å²) in [5.41, 5.74) is 1.99. The summed E-state index contributed by atoms with van der Waals surface area (Å²) in [5.74, 6) is -0.636. The Kier molecular flexibility index (Phi) is 3.46. The number of rotatable bonds is 4. The number of hydrogen-bond donors (Lipinski definition) is 1. The van der Waals surface area contributed by atoms with E-state index in [0.29, 0.717) is 0 Å². The average molecular weight is 281 g/mol. The van der Waals surface area contributed by atoms with Gasteiger partial charge in [-0.2, -0.15) is 0 Å². The molecule has 0 bridgehead atoms. The molecule has 106 valence electrons. The molecule has 0 spiro atoms. The van der Waals surface area contributed by atoms with Gasteiger partial charge < -0.3 is 14.4 Å². The van der Waals surface area contributed by atoms with Crippen LogP contribution in [0.2, 0.25) is 0 Å². The predicted molar refractivity (Wildman–Crippen MR) is 81.7 cm³/mol. The third-order valence-electron chi connectivity index (χ3n) is 3.44. The van der Waals surface area contributed by atoms with Crippen LogP contribution in [0.5, 0.6) is 0 Å². The zero-order valence-electron chi connectivity index (χ0n) is 11.4. The highest BCUT2D eigenvalue weighted by atomic mass is 16.6. The zero-order chi connectivity index (χ0) is 14.8. The lowest BCUT2D eigenvalue weighted by atomic mass is 10.2. The van der Waals surface area contributed by atoms with Crippen molar-refractivity contribution in [1.29, 1.82) is 0 Å². The minimum absolute atomic E-state index is 0.174. The van der Waals surface area contributed by atoms with E-state index in [4.69, 9.17) is 4.74 Å². The maximum absolute atomic E-state index is 11.2. The van der Waals surface area contributed by atoms with E-state index in [1.807, 2.05) is 53.1 Å². The maximum Gasteiger partial charge on any atom is 0.332 e. The van der Waals surface area contributed by atoms with Gasteiger partial charge in [0.15, 0.2) is 0 Å². The SMILES string of the molecule is C=CC(=O)OC(O)Cn1c2ccccc2c2ccccc21. The molecule has 1 unspecified atom stereocenters. The number of carbonyl (C=O) groups is 1. The lowest BCUT2D eigenvalue weighted by Crippen LogP contribution is -2.22. The van der Waals surface area contributed by atoms with Crippen LogP contribution in [0.25, 0.3) is 21.8 Å². The third-order valence-corrected chi connectivity index (χ3v) is 3.44. The molecule has 0 fully saturated rings. The predicted octanol–water partition coefficient (Wildman–Crippen LogP) is 2.84. The Balaban J connectivity index is 2.07. The van der Waals surface area contributed by atoms with Gasteiger partial charge in [0, 0.05) is 27.9 Å². The van der Waals surface area contributed by atoms with Crippen molar-refractivity contribution in [2.75, 3.05) is 0 Å². The quantitative estimate of drug-likeness (QED) is 0.454. The second-order valence-corrected chi connectivity index (χ2v) is 4.74. The maximum atomic E-state index is 11.2. The molecule has 4 heteroatoms. The highest BCUT2D eigenvalue weighted by molar-refractivity contribution is 6.07. The second kappa shape index (κ2) is 5.42. The van der Waals surface area contributed by atoms with Gasteiger partial charge in [0.05, 0.1) is 6.54 Å². The average Bonchev–Trinajstić information content (AvgIpc) is 2.82. The van der Waals surface area contributed by atoms with Crippen molar-refractivity contribution in [3.8, 4) is 0 Å². The number of nitrogens with zero attached hydrogens (tertiary/aromatic N) is 1. The number of hydrogen-bond acceptors (Lipinski definition) is 3. The smallest absolute Gasteiger partial charge is 0.332 e. The molecule has 2 aromatic carbocycles. The van der Waals surface area contributed by atoms with Crippen molar-refractivity contribution < 1.29 is 14.6 Å². The first-order valence-electron chi connectivity index (χ1n) is 6.68. The fraction of sp³-hybridized carbons (Fsp3) is 0.118. The highest BCUT2D eigenvalue weighted by Gasteiger charge is 2.14. The number of aliphatic hydroxyl groups is 1. The van der Waals surface area contributed by atoms with Crippen LogP contribution >= 0.6 is 0 Å². The topological polar surface area (TPSA) is 51.5 Å². The number of ether oxygens (including phenoxy) is 1. The highest BCUT2D eigenvalue weighted by Crippen LogP contribution is 2.28. The van der Waals surface area contributed by atoms with Crippen LogP contribution in [0.4, 0.5) is 0 Å². The summed E-state index contributed by atoms with van der Waals surface area (Å²) in [6.45, 7) is 3.49. The van der Waals surface area contributed by atoms with Crippen LogP contribution in [0.3, 0.4) is 0 Å². The van der Waals surface area contributed by atoms with Crippen LogP contribution in [-0.2, 0) is 16.1 Å². The number of carbonyl (C=O) groups excluding carboxylic acids is 1. The molecule has 0 aliphatic heterocycles. The van der Waals surface area contributed by atoms with Gasteiger partial charge >= 0.3 is 5.97 Å². The third kappa shape index (κ3) is 2.41. The van der Waals surface area contributed by atoms with E-state index in [0.717, 1.165) is 27.9 Å². The van der Waals surface area contributed by atoms with Crippen molar-refractivity contribution in [1.82, 2.24) is 4.57 Å². The molecule has 0 aliphatic rings. The minimum Gasteiger partial charge on any atom is -0.431 e. The summed E-state index contributed by atoms with van der Waals surface area (Å²) in [7, 11) is 0. The van der Waals surface area contributed by atoms with Crippen molar-refractivity contribution in [2.45, 2.75) is 12.8 Å². The van der Waals surface area contributed by atoms with Crippen LogP contribution in [0, 0.1) is 0 Å². The van der Waals surface area contributed by atoms with Gasteiger partial charge in [0.25, 0.3) is 0 Å². The molecule has 0 saturated heterocycles. The van der Waals surface area contributed by atoms with E-state index in [9.17, 15) is 9.90 Å². The lowest BCUT2D eigenvalue weighted by Gasteiger charge is -2.13. The molecule has 21 heavy (non-hydrogen) atoms. The van der Waals surface area contributed by atoms with Gasteiger partial charge in [-0.05, 0) is 12.1 Å². The first-order valence-corrected chi connectivity index (χ1v) is 6.68. The van der Waals surface area contributed by atoms with Crippen molar-refractivity contribution in [3.05, 3.63) is 61.2 Å². The second-order valence-electron chi connectivity index (χ2n) is 4.74. The Morgan fingerprint density at radius 2 is 1.67 bits per heavy atom. The van der Waals surface area contributed by atoms with Crippen LogP contribution in [0.1, 0.15) is 0 Å². The van der Waals surface area contributed by atoms with Crippen molar-refractivity contribution in [2.24, 2.45) is 0 Å². The van der Waals surface area contributed by atoms with E-state index in [2.05, 4.69) is 6.58 Å². The van der Waals surface area contributed by atoms with Gasteiger partial charge in [0.2, 0.25) is 6.29 Å². The van der Waals surface area contributed by atoms with E-state index < -0.39 is 12.3 Å². The largest absolute Gasteiger partial charge is 0.431 e. The molecule has 1 atom stereocenters. The van der Waals surface area contributed by atoms with Gasteiger partial charge in [-0.15, -0.1) is 0 Å². The first-order chi connectivity index (χ1) is 10.2. The molecule has 4 nitrogen and oxygen atoms in total. The number of aromatic nitrogens is 1. The molecular formula is C17H15NO3. The van der Waals surface area contributed by atoms with E-state index in [1.54, 1.807) is 0 Å². The summed E-state index contributed by atoms with van der Waals surface area (Å²) in [4.78, 5) is 11.2. The normalized spacial score (nSPS) is 12.4. The Labute approximate surface area is 121 Å². The fourth-order valence-corrected chi connectivity index (χ4v) is 2.58. The van der Waals surface area contributed by atoms with Gasteiger partial charge in [0.1, 0.15) is 0 Å². The number of fused-ring (bicyclic) bond motifs is 3. The summed E-state index contributed by atoms with van der Waals surface area (Å²) >= 11 is 0. The Hall–Kier alpha value is -2.59. The van der Waals surface area contributed by atoms with E-state index in [1.165, 1.54) is 0 Å². The fourth-order valence-electron chi connectivity index (χ4n) is 2.58. The molecule has 1 N–H and O–H groups in total. The zero-order valence-corrected chi connectivity index (χ0v) is 11.4. The molecule has 3 rings (SSSR count). The van der Waals surface area contributed by atoms with Gasteiger partial charge in [-0.25, -0.2) is 4.79 Å². The minimum atomic E-state index is -1.21. The molecule has 0 radical (unpaired) electrons. The molecule has 1 heterocycles. The molecule has 0 aliphatic carbocycles. The summed E-state index contributed by atoms with van der Waals surface area (Å²) in [6.07, 6.45) is -0.176. The molecule has 0 amide bonds. The summed E-state index contributed by atoms with van der Waals surface area (Å²) in [6, 6.07) is 15.9. The first kappa shape index (κ1) is 13.4. The van der Waals surface area contributed by atoms with Crippen LogP contribution < -0.4 is 0 Å². The standard InChI is InChI=1S/C17H15NO3/c1-2-16(19)21-17(20)11-18-14-9-5-3-7-12(14)13-8-4-6-10-15(13)18/h2-10,17,20H,1,11H2. The van der Waals surface area contributed by atoms with E-state index in [-0.39, 0.29) is 6.54 Å². The number of aliphatic hydroxyl groups excluding tert-OH is 1. The molecular weight excluding hydrogens is 266 g/mol. The molecule has 1 aromatic heterocycles. The number of benzene rings is 2. The number of para-hydroxylation sites is 2. The van der Waals surface area contributed by atoms with E-state index >= 15 is 0 Å². The molecule has 0 saturated carbocycles. The van der Waals surface area contributed by atoms with Crippen LogP contribution in [-0.4, -0.2) is 21.9 Å². The van der Waals surface area contributed by atoms with Crippen LogP contribution in [0.15, 0.2) is 61.2 Å². The Bertz CT molecular complexity index is 766. The molecule has 3 aromatic rings. The van der Waals surface area contributed by atoms with Crippen molar-refractivity contribution >= 4 is 27.8 Å². The summed E-state index contributed by atoms with van der Waals surface area (Å²) < 4.78 is 6.80. The monoisotopic (exact) mass is 281 g/mol. The number of esters is 1. The summed E-state index contributed by atoms with van der Waals surface area (Å²) in [5, 5.41) is 12.1.